The SMILES string of the molecule is Cc1ccc(CNS(=O)(=O)c2cccc(S(=O)(=O)Cl)c2)o1. The number of halogens is 1. The topological polar surface area (TPSA) is 93.5 Å². The van der Waals surface area contributed by atoms with Crippen molar-refractivity contribution in [2.75, 3.05) is 0 Å². The van der Waals surface area contributed by atoms with Crippen LogP contribution in [0, 0.1) is 6.92 Å². The minimum absolute atomic E-state index is 0.0337. The number of rotatable bonds is 5. The molecular formula is C12H12ClNO5S2. The van der Waals surface area contributed by atoms with Crippen molar-refractivity contribution >= 4 is 29.8 Å². The summed E-state index contributed by atoms with van der Waals surface area (Å²) in [5.41, 5.74) is 0. The quantitative estimate of drug-likeness (QED) is 0.833. The van der Waals surface area contributed by atoms with E-state index in [0.29, 0.717) is 11.5 Å². The van der Waals surface area contributed by atoms with E-state index in [1.54, 1.807) is 19.1 Å². The third kappa shape index (κ3) is 4.07. The van der Waals surface area contributed by atoms with E-state index < -0.39 is 19.1 Å². The maximum absolute atomic E-state index is 12.1. The molecule has 0 unspecified atom stereocenters. The van der Waals surface area contributed by atoms with Crippen LogP contribution < -0.4 is 4.72 Å². The van der Waals surface area contributed by atoms with Gasteiger partial charge in [0.25, 0.3) is 9.05 Å². The lowest BCUT2D eigenvalue weighted by Crippen LogP contribution is -2.23. The Labute approximate surface area is 127 Å². The van der Waals surface area contributed by atoms with Crippen molar-refractivity contribution in [2.45, 2.75) is 23.3 Å². The first-order valence-electron chi connectivity index (χ1n) is 5.78. The molecule has 1 N–H and O–H groups in total. The molecule has 0 spiro atoms. The molecule has 1 heterocycles. The number of benzene rings is 1. The Morgan fingerprint density at radius 2 is 1.76 bits per heavy atom. The summed E-state index contributed by atoms with van der Waals surface area (Å²) < 4.78 is 54.2. The third-order valence-corrected chi connectivity index (χ3v) is 5.38. The lowest BCUT2D eigenvalue weighted by molar-refractivity contribution is 0.475. The molecule has 6 nitrogen and oxygen atoms in total. The Morgan fingerprint density at radius 1 is 1.10 bits per heavy atom. The molecule has 2 aromatic rings. The van der Waals surface area contributed by atoms with Gasteiger partial charge in [0, 0.05) is 10.7 Å². The summed E-state index contributed by atoms with van der Waals surface area (Å²) in [6.07, 6.45) is 0. The Kier molecular flexibility index (Phi) is 4.43. The summed E-state index contributed by atoms with van der Waals surface area (Å²) in [6, 6.07) is 8.17. The number of aryl methyl sites for hydroxylation is 1. The first-order chi connectivity index (χ1) is 9.68. The second kappa shape index (κ2) is 5.80. The molecule has 0 bridgehead atoms. The molecule has 2 rings (SSSR count). The largest absolute Gasteiger partial charge is 0.465 e. The molecule has 1 aromatic heterocycles. The molecule has 0 aliphatic rings. The number of sulfonamides is 1. The molecule has 1 aromatic carbocycles. The van der Waals surface area contributed by atoms with Crippen molar-refractivity contribution in [1.29, 1.82) is 0 Å². The fourth-order valence-corrected chi connectivity index (χ4v) is 3.53. The zero-order valence-electron chi connectivity index (χ0n) is 10.9. The molecule has 9 heteroatoms. The normalized spacial score (nSPS) is 12.5. The van der Waals surface area contributed by atoms with E-state index in [-0.39, 0.29) is 16.3 Å². The highest BCUT2D eigenvalue weighted by atomic mass is 35.7. The van der Waals surface area contributed by atoms with Crippen LogP contribution in [0.1, 0.15) is 11.5 Å². The maximum atomic E-state index is 12.1. The summed E-state index contributed by atoms with van der Waals surface area (Å²) in [5, 5.41) is 0. The van der Waals surface area contributed by atoms with Gasteiger partial charge in [0.2, 0.25) is 10.0 Å². The van der Waals surface area contributed by atoms with E-state index in [9.17, 15) is 16.8 Å². The fraction of sp³-hybridized carbons (Fsp3) is 0.167. The van der Waals surface area contributed by atoms with Crippen molar-refractivity contribution in [3.63, 3.8) is 0 Å². The second-order valence-electron chi connectivity index (χ2n) is 4.25. The van der Waals surface area contributed by atoms with Gasteiger partial charge in [-0.25, -0.2) is 21.6 Å². The van der Waals surface area contributed by atoms with Gasteiger partial charge in [0.05, 0.1) is 16.3 Å². The summed E-state index contributed by atoms with van der Waals surface area (Å²) in [7, 11) is -2.65. The van der Waals surface area contributed by atoms with Crippen LogP contribution in [0.4, 0.5) is 0 Å². The highest BCUT2D eigenvalue weighted by Crippen LogP contribution is 2.19. The van der Waals surface area contributed by atoms with Gasteiger partial charge >= 0.3 is 0 Å². The van der Waals surface area contributed by atoms with Gasteiger partial charge in [-0.15, -0.1) is 0 Å². The highest BCUT2D eigenvalue weighted by Gasteiger charge is 2.18. The molecule has 21 heavy (non-hydrogen) atoms. The van der Waals surface area contributed by atoms with Gasteiger partial charge in [0.1, 0.15) is 11.5 Å². The van der Waals surface area contributed by atoms with Gasteiger partial charge in [-0.3, -0.25) is 0 Å². The molecule has 0 atom stereocenters. The van der Waals surface area contributed by atoms with Gasteiger partial charge < -0.3 is 4.42 Å². The van der Waals surface area contributed by atoms with E-state index in [1.165, 1.54) is 18.2 Å². The Balaban J connectivity index is 2.23. The van der Waals surface area contributed by atoms with Gasteiger partial charge in [-0.05, 0) is 37.3 Å². The molecule has 0 saturated heterocycles. The smallest absolute Gasteiger partial charge is 0.261 e. The van der Waals surface area contributed by atoms with Crippen molar-refractivity contribution in [3.05, 3.63) is 47.9 Å². The zero-order chi connectivity index (χ0) is 15.7. The lowest BCUT2D eigenvalue weighted by Gasteiger charge is -2.06. The minimum atomic E-state index is -3.99. The highest BCUT2D eigenvalue weighted by molar-refractivity contribution is 8.13. The average Bonchev–Trinajstić information content (AvgIpc) is 2.82. The Bertz CT molecular complexity index is 855. The monoisotopic (exact) mass is 349 g/mol. The van der Waals surface area contributed by atoms with Crippen molar-refractivity contribution in [3.8, 4) is 0 Å². The van der Waals surface area contributed by atoms with Crippen molar-refractivity contribution < 1.29 is 21.3 Å². The molecule has 0 fully saturated rings. The maximum Gasteiger partial charge on any atom is 0.261 e. The molecule has 0 aliphatic carbocycles. The van der Waals surface area contributed by atoms with E-state index in [4.69, 9.17) is 15.1 Å². The van der Waals surface area contributed by atoms with E-state index in [2.05, 4.69) is 4.72 Å². The first kappa shape index (κ1) is 16.0. The lowest BCUT2D eigenvalue weighted by atomic mass is 10.4. The summed E-state index contributed by atoms with van der Waals surface area (Å²) in [6.45, 7) is 1.71. The van der Waals surface area contributed by atoms with Crippen LogP contribution in [0.5, 0.6) is 0 Å². The van der Waals surface area contributed by atoms with Crippen LogP contribution in [-0.4, -0.2) is 16.8 Å². The van der Waals surface area contributed by atoms with Crippen LogP contribution in [-0.2, 0) is 25.6 Å². The van der Waals surface area contributed by atoms with Crippen LogP contribution in [0.25, 0.3) is 0 Å². The van der Waals surface area contributed by atoms with Crippen molar-refractivity contribution in [1.82, 2.24) is 4.72 Å². The first-order valence-corrected chi connectivity index (χ1v) is 9.57. The summed E-state index contributed by atoms with van der Waals surface area (Å²) in [4.78, 5) is -0.464. The van der Waals surface area contributed by atoms with Gasteiger partial charge in [-0.1, -0.05) is 6.07 Å². The molecule has 114 valence electrons. The van der Waals surface area contributed by atoms with Gasteiger partial charge in [-0.2, -0.15) is 0 Å². The Hall–Kier alpha value is -1.35. The molecular weight excluding hydrogens is 338 g/mol. The number of hydrogen-bond donors (Lipinski definition) is 1. The van der Waals surface area contributed by atoms with E-state index in [0.717, 1.165) is 6.07 Å². The molecule has 0 aliphatic heterocycles. The second-order valence-corrected chi connectivity index (χ2v) is 8.58. The predicted octanol–water partition coefficient (Wildman–Crippen LogP) is 1.99. The Morgan fingerprint density at radius 3 is 2.33 bits per heavy atom. The van der Waals surface area contributed by atoms with Gasteiger partial charge in [0.15, 0.2) is 0 Å². The fourth-order valence-electron chi connectivity index (χ4n) is 1.62. The van der Waals surface area contributed by atoms with E-state index in [1.807, 2.05) is 0 Å². The van der Waals surface area contributed by atoms with Crippen LogP contribution in [0.15, 0.2) is 50.6 Å². The number of hydrogen-bond acceptors (Lipinski definition) is 5. The predicted molar refractivity (Wildman–Crippen MR) is 77.0 cm³/mol. The number of furan rings is 1. The standard InChI is InChI=1S/C12H12ClNO5S2/c1-9-5-6-10(19-9)8-14-21(17,18)12-4-2-3-11(7-12)20(13,15)16/h2-7,14H,8H2,1H3. The molecule has 0 saturated carbocycles. The average molecular weight is 350 g/mol. The van der Waals surface area contributed by atoms with Crippen LogP contribution >= 0.6 is 10.7 Å². The van der Waals surface area contributed by atoms with E-state index >= 15 is 0 Å². The summed E-state index contributed by atoms with van der Waals surface area (Å²) in [5.74, 6) is 1.12. The molecule has 0 radical (unpaired) electrons. The molecule has 0 amide bonds. The number of nitrogens with one attached hydrogen (secondary N) is 1. The van der Waals surface area contributed by atoms with Crippen LogP contribution in [0.2, 0.25) is 0 Å². The third-order valence-electron chi connectivity index (χ3n) is 2.63. The van der Waals surface area contributed by atoms with Crippen LogP contribution in [0.3, 0.4) is 0 Å². The summed E-state index contributed by atoms with van der Waals surface area (Å²) >= 11 is 0. The zero-order valence-corrected chi connectivity index (χ0v) is 13.3. The minimum Gasteiger partial charge on any atom is -0.465 e. The van der Waals surface area contributed by atoms with Crippen molar-refractivity contribution in [2.24, 2.45) is 0 Å².